The Morgan fingerprint density at radius 1 is 1.58 bits per heavy atom. The maximum atomic E-state index is 10.6. The number of rotatable bonds is 1. The minimum absolute atomic E-state index is 0.764. The predicted molar refractivity (Wildman–Crippen MR) is 49.7 cm³/mol. The molecular weight excluding hydrogens is 170 g/mol. The molecule has 0 unspecified atom stereocenters. The van der Waals surface area contributed by atoms with Crippen molar-refractivity contribution in [2.24, 2.45) is 0 Å². The van der Waals surface area contributed by atoms with Gasteiger partial charge in [0.15, 0.2) is 6.29 Å². The van der Waals surface area contributed by atoms with Crippen molar-refractivity contribution in [3.05, 3.63) is 28.9 Å². The van der Waals surface area contributed by atoms with Gasteiger partial charge in [-0.15, -0.1) is 11.3 Å². The van der Waals surface area contributed by atoms with E-state index in [1.54, 1.807) is 17.5 Å². The first kappa shape index (κ1) is 7.43. The number of aryl methyl sites for hydroxylation is 1. The molecule has 2 aromatic heterocycles. The summed E-state index contributed by atoms with van der Waals surface area (Å²) < 4.78 is 1.11. The van der Waals surface area contributed by atoms with Gasteiger partial charge in [0.25, 0.3) is 0 Å². The van der Waals surface area contributed by atoms with Crippen molar-refractivity contribution >= 4 is 27.7 Å². The molecule has 0 atom stereocenters. The number of pyridine rings is 1. The number of carbonyl (C=O) groups excluding carboxylic acids is 1. The minimum Gasteiger partial charge on any atom is -0.298 e. The Labute approximate surface area is 73.9 Å². The number of carbonyl (C=O) groups is 1. The van der Waals surface area contributed by atoms with Crippen LogP contribution in [0.4, 0.5) is 0 Å². The molecule has 0 saturated carbocycles. The largest absolute Gasteiger partial charge is 0.298 e. The third-order valence-electron chi connectivity index (χ3n) is 1.82. The summed E-state index contributed by atoms with van der Waals surface area (Å²) in [7, 11) is 0. The van der Waals surface area contributed by atoms with Crippen LogP contribution in [-0.2, 0) is 0 Å². The summed E-state index contributed by atoms with van der Waals surface area (Å²) in [4.78, 5) is 14.7. The van der Waals surface area contributed by atoms with Crippen LogP contribution in [0.25, 0.3) is 10.1 Å². The third kappa shape index (κ3) is 0.940. The highest BCUT2D eigenvalue weighted by Gasteiger charge is 2.04. The minimum atomic E-state index is 0.764. The summed E-state index contributed by atoms with van der Waals surface area (Å²) in [6.45, 7) is 1.95. The molecule has 0 aliphatic carbocycles. The Hall–Kier alpha value is -1.22. The summed E-state index contributed by atoms with van der Waals surface area (Å²) >= 11 is 1.57. The van der Waals surface area contributed by atoms with E-state index in [4.69, 9.17) is 0 Å². The molecule has 0 amide bonds. The van der Waals surface area contributed by atoms with Gasteiger partial charge in [-0.3, -0.25) is 9.78 Å². The molecule has 12 heavy (non-hydrogen) atoms. The molecule has 0 bridgehead atoms. The third-order valence-corrected chi connectivity index (χ3v) is 2.95. The van der Waals surface area contributed by atoms with Crippen LogP contribution in [0.15, 0.2) is 17.6 Å². The van der Waals surface area contributed by atoms with E-state index < -0.39 is 0 Å². The highest BCUT2D eigenvalue weighted by Crippen LogP contribution is 2.25. The zero-order valence-electron chi connectivity index (χ0n) is 6.57. The smallest absolute Gasteiger partial charge is 0.151 e. The van der Waals surface area contributed by atoms with E-state index in [1.165, 1.54) is 0 Å². The van der Waals surface area contributed by atoms with Crippen molar-refractivity contribution in [1.82, 2.24) is 4.98 Å². The Morgan fingerprint density at radius 2 is 2.42 bits per heavy atom. The van der Waals surface area contributed by atoms with Crippen LogP contribution in [0.3, 0.4) is 0 Å². The van der Waals surface area contributed by atoms with Gasteiger partial charge in [0.2, 0.25) is 0 Å². The van der Waals surface area contributed by atoms with Crippen LogP contribution in [0.1, 0.15) is 16.1 Å². The standard InChI is InChI=1S/C9H7NOS/c1-6-9-8(2-3-10-6)7(4-11)5-12-9/h2-5H,1H3. The van der Waals surface area contributed by atoms with Crippen molar-refractivity contribution < 1.29 is 4.79 Å². The van der Waals surface area contributed by atoms with Gasteiger partial charge in [0.1, 0.15) is 0 Å². The summed E-state index contributed by atoms with van der Waals surface area (Å²) in [5, 5.41) is 2.88. The molecule has 0 aromatic carbocycles. The highest BCUT2D eigenvalue weighted by atomic mass is 32.1. The molecule has 0 radical (unpaired) electrons. The molecule has 2 rings (SSSR count). The van der Waals surface area contributed by atoms with Crippen LogP contribution < -0.4 is 0 Å². The van der Waals surface area contributed by atoms with E-state index in [1.807, 2.05) is 18.4 Å². The van der Waals surface area contributed by atoms with Gasteiger partial charge < -0.3 is 0 Å². The quantitative estimate of drug-likeness (QED) is 0.626. The first-order chi connectivity index (χ1) is 5.83. The number of nitrogens with zero attached hydrogens (tertiary/aromatic N) is 1. The molecule has 60 valence electrons. The monoisotopic (exact) mass is 177 g/mol. The van der Waals surface area contributed by atoms with Crippen molar-refractivity contribution in [2.75, 3.05) is 0 Å². The summed E-state index contributed by atoms with van der Waals surface area (Å²) in [6, 6.07) is 1.88. The molecule has 0 saturated heterocycles. The molecule has 2 heterocycles. The van der Waals surface area contributed by atoms with E-state index in [0.29, 0.717) is 0 Å². The number of thiophene rings is 1. The van der Waals surface area contributed by atoms with Gasteiger partial charge in [0.05, 0.1) is 10.4 Å². The first-order valence-corrected chi connectivity index (χ1v) is 4.49. The Morgan fingerprint density at radius 3 is 3.17 bits per heavy atom. The fourth-order valence-corrected chi connectivity index (χ4v) is 2.17. The lowest BCUT2D eigenvalue weighted by Gasteiger charge is -1.92. The molecule has 0 aliphatic heterocycles. The van der Waals surface area contributed by atoms with Crippen LogP contribution in [-0.4, -0.2) is 11.3 Å². The van der Waals surface area contributed by atoms with Gasteiger partial charge in [-0.25, -0.2) is 0 Å². The first-order valence-electron chi connectivity index (χ1n) is 3.61. The summed E-state index contributed by atoms with van der Waals surface area (Å²) in [5.41, 5.74) is 1.76. The SMILES string of the molecule is Cc1nccc2c(C=O)csc12. The summed E-state index contributed by atoms with van der Waals surface area (Å²) in [6.07, 6.45) is 2.62. The fourth-order valence-electron chi connectivity index (χ4n) is 1.21. The van der Waals surface area contributed by atoms with E-state index in [-0.39, 0.29) is 0 Å². The molecule has 2 aromatic rings. The van der Waals surface area contributed by atoms with Gasteiger partial charge in [-0.05, 0) is 13.0 Å². The van der Waals surface area contributed by atoms with Crippen LogP contribution in [0, 0.1) is 6.92 Å². The molecule has 0 N–H and O–H groups in total. The Balaban J connectivity index is 2.88. The predicted octanol–water partition coefficient (Wildman–Crippen LogP) is 2.42. The second kappa shape index (κ2) is 2.68. The number of fused-ring (bicyclic) bond motifs is 1. The Kier molecular flexibility index (Phi) is 1.66. The molecule has 2 nitrogen and oxygen atoms in total. The van der Waals surface area contributed by atoms with Gasteiger partial charge in [0, 0.05) is 22.5 Å². The van der Waals surface area contributed by atoms with Gasteiger partial charge in [-0.2, -0.15) is 0 Å². The average molecular weight is 177 g/mol. The second-order valence-corrected chi connectivity index (χ2v) is 3.46. The van der Waals surface area contributed by atoms with Gasteiger partial charge >= 0.3 is 0 Å². The van der Waals surface area contributed by atoms with E-state index >= 15 is 0 Å². The van der Waals surface area contributed by atoms with Crippen molar-refractivity contribution in [1.29, 1.82) is 0 Å². The number of hydrogen-bond donors (Lipinski definition) is 0. The lowest BCUT2D eigenvalue weighted by Crippen LogP contribution is -1.80. The van der Waals surface area contributed by atoms with Crippen LogP contribution in [0.2, 0.25) is 0 Å². The number of aldehydes is 1. The van der Waals surface area contributed by atoms with Crippen molar-refractivity contribution in [3.8, 4) is 0 Å². The average Bonchev–Trinajstić information content (AvgIpc) is 2.49. The zero-order chi connectivity index (χ0) is 8.55. The van der Waals surface area contributed by atoms with Crippen molar-refractivity contribution in [3.63, 3.8) is 0 Å². The highest BCUT2D eigenvalue weighted by molar-refractivity contribution is 7.17. The summed E-state index contributed by atoms with van der Waals surface area (Å²) in [5.74, 6) is 0. The zero-order valence-corrected chi connectivity index (χ0v) is 7.39. The topological polar surface area (TPSA) is 30.0 Å². The Bertz CT molecular complexity index is 433. The van der Waals surface area contributed by atoms with E-state index in [9.17, 15) is 4.79 Å². The molecule has 3 heteroatoms. The maximum Gasteiger partial charge on any atom is 0.151 e. The van der Waals surface area contributed by atoms with Crippen LogP contribution >= 0.6 is 11.3 Å². The van der Waals surface area contributed by atoms with Crippen LogP contribution in [0.5, 0.6) is 0 Å². The lowest BCUT2D eigenvalue weighted by molar-refractivity contribution is 0.112. The van der Waals surface area contributed by atoms with E-state index in [2.05, 4.69) is 4.98 Å². The normalized spacial score (nSPS) is 10.4. The fraction of sp³-hybridized carbons (Fsp3) is 0.111. The molecule has 0 spiro atoms. The van der Waals surface area contributed by atoms with Crippen molar-refractivity contribution in [2.45, 2.75) is 6.92 Å². The number of hydrogen-bond acceptors (Lipinski definition) is 3. The van der Waals surface area contributed by atoms with E-state index in [0.717, 1.165) is 27.6 Å². The molecular formula is C9H7NOS. The lowest BCUT2D eigenvalue weighted by atomic mass is 10.2. The molecule has 0 fully saturated rings. The number of aromatic nitrogens is 1. The molecule has 0 aliphatic rings. The maximum absolute atomic E-state index is 10.6. The second-order valence-electron chi connectivity index (χ2n) is 2.58. The van der Waals surface area contributed by atoms with Gasteiger partial charge in [-0.1, -0.05) is 0 Å².